The van der Waals surface area contributed by atoms with E-state index in [-0.39, 0.29) is 17.4 Å². The predicted octanol–water partition coefficient (Wildman–Crippen LogP) is 0.442. The van der Waals surface area contributed by atoms with Crippen molar-refractivity contribution in [1.29, 1.82) is 0 Å². The molecule has 92 valence electrons. The summed E-state index contributed by atoms with van der Waals surface area (Å²) >= 11 is 1.05. The molecule has 0 saturated heterocycles. The molecule has 17 heavy (non-hydrogen) atoms. The summed E-state index contributed by atoms with van der Waals surface area (Å²) in [7, 11) is -3.51. The Morgan fingerprint density at radius 1 is 1.47 bits per heavy atom. The summed E-state index contributed by atoms with van der Waals surface area (Å²) in [5, 5.41) is 15.2. The third-order valence-electron chi connectivity index (χ3n) is 2.08. The van der Waals surface area contributed by atoms with E-state index in [9.17, 15) is 8.42 Å². The van der Waals surface area contributed by atoms with Crippen LogP contribution >= 0.6 is 11.3 Å². The largest absolute Gasteiger partial charge is 0.391 e. The van der Waals surface area contributed by atoms with E-state index in [1.54, 1.807) is 18.5 Å². The average Bonchev–Trinajstić information content (AvgIpc) is 2.98. The van der Waals surface area contributed by atoms with Crippen LogP contribution < -0.4 is 4.72 Å². The van der Waals surface area contributed by atoms with Gasteiger partial charge in [0, 0.05) is 23.2 Å². The van der Waals surface area contributed by atoms with Gasteiger partial charge in [-0.2, -0.15) is 5.10 Å². The quantitative estimate of drug-likeness (QED) is 0.736. The van der Waals surface area contributed by atoms with E-state index in [1.165, 1.54) is 6.07 Å². The Labute approximate surface area is 102 Å². The monoisotopic (exact) mass is 273 g/mol. The number of H-pyrrole nitrogens is 1. The van der Waals surface area contributed by atoms with Crippen LogP contribution in [-0.2, 0) is 23.2 Å². The van der Waals surface area contributed by atoms with Crippen LogP contribution in [0.5, 0.6) is 0 Å². The van der Waals surface area contributed by atoms with Crippen LogP contribution in [0, 0.1) is 0 Å². The molecule has 0 unspecified atom stereocenters. The van der Waals surface area contributed by atoms with Crippen molar-refractivity contribution in [1.82, 2.24) is 14.9 Å². The summed E-state index contributed by atoms with van der Waals surface area (Å²) in [6.45, 7) is 0.0348. The molecule has 2 rings (SSSR count). The van der Waals surface area contributed by atoms with Gasteiger partial charge in [-0.15, -0.1) is 11.3 Å². The van der Waals surface area contributed by atoms with Gasteiger partial charge in [-0.3, -0.25) is 5.10 Å². The number of aromatic amines is 1. The van der Waals surface area contributed by atoms with E-state index in [0.717, 1.165) is 16.9 Å². The number of thiophene rings is 1. The van der Waals surface area contributed by atoms with Crippen molar-refractivity contribution in [2.75, 3.05) is 0 Å². The SMILES string of the molecule is O=S(=O)(NCc1cn[nH]c1)c1ccc(CO)s1. The van der Waals surface area contributed by atoms with Gasteiger partial charge in [0.1, 0.15) is 4.21 Å². The Kier molecular flexibility index (Phi) is 3.57. The van der Waals surface area contributed by atoms with Crippen molar-refractivity contribution in [2.24, 2.45) is 0 Å². The molecule has 3 N–H and O–H groups in total. The lowest BCUT2D eigenvalue weighted by molar-refractivity contribution is 0.285. The summed E-state index contributed by atoms with van der Waals surface area (Å²) in [5.74, 6) is 0. The van der Waals surface area contributed by atoms with Gasteiger partial charge in [-0.05, 0) is 12.1 Å². The normalized spacial score (nSPS) is 11.8. The van der Waals surface area contributed by atoms with E-state index in [1.807, 2.05) is 0 Å². The summed E-state index contributed by atoms with van der Waals surface area (Å²) in [5.41, 5.74) is 0.757. The number of aromatic nitrogens is 2. The van der Waals surface area contributed by atoms with E-state index in [4.69, 9.17) is 5.11 Å². The van der Waals surface area contributed by atoms with Gasteiger partial charge >= 0.3 is 0 Å². The number of aliphatic hydroxyl groups excluding tert-OH is 1. The first-order valence-corrected chi connectivity index (χ1v) is 7.08. The van der Waals surface area contributed by atoms with Crippen LogP contribution in [0.4, 0.5) is 0 Å². The fourth-order valence-corrected chi connectivity index (χ4v) is 3.49. The molecule has 0 aliphatic carbocycles. The lowest BCUT2D eigenvalue weighted by Gasteiger charge is -2.02. The van der Waals surface area contributed by atoms with Crippen molar-refractivity contribution >= 4 is 21.4 Å². The molecule has 0 aromatic carbocycles. The second-order valence-electron chi connectivity index (χ2n) is 3.31. The molecule has 0 fully saturated rings. The molecular formula is C9H11N3O3S2. The van der Waals surface area contributed by atoms with E-state index < -0.39 is 10.0 Å². The zero-order valence-corrected chi connectivity index (χ0v) is 10.4. The average molecular weight is 273 g/mol. The molecular weight excluding hydrogens is 262 g/mol. The van der Waals surface area contributed by atoms with Crippen molar-refractivity contribution in [2.45, 2.75) is 17.4 Å². The van der Waals surface area contributed by atoms with Crippen LogP contribution in [-0.4, -0.2) is 23.7 Å². The number of hydrogen-bond donors (Lipinski definition) is 3. The lowest BCUT2D eigenvalue weighted by Crippen LogP contribution is -2.22. The molecule has 0 aliphatic rings. The van der Waals surface area contributed by atoms with E-state index >= 15 is 0 Å². The lowest BCUT2D eigenvalue weighted by atomic mass is 10.4. The summed E-state index contributed by atoms with van der Waals surface area (Å²) in [4.78, 5) is 0.619. The fraction of sp³-hybridized carbons (Fsp3) is 0.222. The molecule has 0 spiro atoms. The number of hydrogen-bond acceptors (Lipinski definition) is 5. The molecule has 2 heterocycles. The second kappa shape index (κ2) is 4.96. The first-order chi connectivity index (χ1) is 8.12. The van der Waals surface area contributed by atoms with Crippen molar-refractivity contribution < 1.29 is 13.5 Å². The Bertz CT molecular complexity index is 574. The molecule has 6 nitrogen and oxygen atoms in total. The molecule has 0 saturated carbocycles. The zero-order chi connectivity index (χ0) is 12.3. The Hall–Kier alpha value is -1.22. The number of rotatable bonds is 5. The van der Waals surface area contributed by atoms with E-state index in [2.05, 4.69) is 14.9 Å². The van der Waals surface area contributed by atoms with Crippen LogP contribution in [0.3, 0.4) is 0 Å². The van der Waals surface area contributed by atoms with Gasteiger partial charge in [-0.25, -0.2) is 13.1 Å². The summed E-state index contributed by atoms with van der Waals surface area (Å²) < 4.78 is 26.3. The smallest absolute Gasteiger partial charge is 0.250 e. The minimum Gasteiger partial charge on any atom is -0.391 e. The molecule has 0 bridgehead atoms. The highest BCUT2D eigenvalue weighted by atomic mass is 32.2. The first-order valence-electron chi connectivity index (χ1n) is 4.79. The third kappa shape index (κ3) is 2.91. The Morgan fingerprint density at radius 3 is 2.88 bits per heavy atom. The molecule has 8 heteroatoms. The molecule has 0 aliphatic heterocycles. The van der Waals surface area contributed by atoms with Crippen LogP contribution in [0.25, 0.3) is 0 Å². The maximum absolute atomic E-state index is 11.8. The Balaban J connectivity index is 2.08. The fourth-order valence-electron chi connectivity index (χ4n) is 1.21. The number of nitrogens with zero attached hydrogens (tertiary/aromatic N) is 1. The van der Waals surface area contributed by atoms with Crippen molar-refractivity contribution in [3.63, 3.8) is 0 Å². The Morgan fingerprint density at radius 2 is 2.29 bits per heavy atom. The highest BCUT2D eigenvalue weighted by Crippen LogP contribution is 2.21. The van der Waals surface area contributed by atoms with Gasteiger partial charge in [-0.1, -0.05) is 0 Å². The molecule has 2 aromatic rings. The van der Waals surface area contributed by atoms with Crippen LogP contribution in [0.15, 0.2) is 28.7 Å². The number of nitrogens with one attached hydrogen (secondary N) is 2. The minimum absolute atomic E-state index is 0.151. The molecule has 0 radical (unpaired) electrons. The predicted molar refractivity (Wildman–Crippen MR) is 62.9 cm³/mol. The van der Waals surface area contributed by atoms with Gasteiger partial charge in [0.15, 0.2) is 0 Å². The molecule has 0 amide bonds. The third-order valence-corrected chi connectivity index (χ3v) is 5.04. The highest BCUT2D eigenvalue weighted by molar-refractivity contribution is 7.91. The standard InChI is InChI=1S/C9H11N3O3S2/c13-6-8-1-2-9(16-8)17(14,15)12-5-7-3-10-11-4-7/h1-4,12-13H,5-6H2,(H,10,11). The molecule has 2 aromatic heterocycles. The summed E-state index contributed by atoms with van der Waals surface area (Å²) in [6.07, 6.45) is 3.17. The number of sulfonamides is 1. The van der Waals surface area contributed by atoms with Crippen LogP contribution in [0.2, 0.25) is 0 Å². The van der Waals surface area contributed by atoms with Crippen molar-refractivity contribution in [3.8, 4) is 0 Å². The van der Waals surface area contributed by atoms with Crippen molar-refractivity contribution in [3.05, 3.63) is 35.0 Å². The topological polar surface area (TPSA) is 95.1 Å². The van der Waals surface area contributed by atoms with Gasteiger partial charge in [0.2, 0.25) is 10.0 Å². The van der Waals surface area contributed by atoms with Crippen LogP contribution in [0.1, 0.15) is 10.4 Å². The number of aliphatic hydroxyl groups is 1. The zero-order valence-electron chi connectivity index (χ0n) is 8.75. The van der Waals surface area contributed by atoms with Gasteiger partial charge in [0.05, 0.1) is 12.8 Å². The first kappa shape index (κ1) is 12.2. The molecule has 0 atom stereocenters. The maximum Gasteiger partial charge on any atom is 0.250 e. The van der Waals surface area contributed by atoms with E-state index in [0.29, 0.717) is 4.88 Å². The highest BCUT2D eigenvalue weighted by Gasteiger charge is 2.16. The van der Waals surface area contributed by atoms with Gasteiger partial charge in [0.25, 0.3) is 0 Å². The maximum atomic E-state index is 11.8. The minimum atomic E-state index is -3.51. The van der Waals surface area contributed by atoms with Gasteiger partial charge < -0.3 is 5.11 Å². The second-order valence-corrected chi connectivity index (χ2v) is 6.47. The summed E-state index contributed by atoms with van der Waals surface area (Å²) in [6, 6.07) is 3.07.